The van der Waals surface area contributed by atoms with Crippen LogP contribution in [0, 0.1) is 0 Å². The maximum Gasteiger partial charge on any atom is 0.267 e. The Morgan fingerprint density at radius 1 is 1.03 bits per heavy atom. The predicted molar refractivity (Wildman–Crippen MR) is 114 cm³/mol. The lowest BCUT2D eigenvalue weighted by molar-refractivity contribution is -0.127. The molecule has 2 amide bonds. The van der Waals surface area contributed by atoms with Crippen LogP contribution in [0.2, 0.25) is 0 Å². The van der Waals surface area contributed by atoms with E-state index in [2.05, 4.69) is 17.1 Å². The van der Waals surface area contributed by atoms with Gasteiger partial charge in [-0.25, -0.2) is 10.5 Å². The second kappa shape index (κ2) is 11.1. The monoisotopic (exact) mass is 413 g/mol. The summed E-state index contributed by atoms with van der Waals surface area (Å²) in [5.74, 6) is -0.282. The van der Waals surface area contributed by atoms with E-state index in [9.17, 15) is 9.59 Å². The quantitative estimate of drug-likeness (QED) is 0.447. The lowest BCUT2D eigenvalue weighted by atomic mass is 9.90. The first-order valence-corrected chi connectivity index (χ1v) is 9.27. The highest BCUT2D eigenvalue weighted by atomic mass is 35.5. The fourth-order valence-corrected chi connectivity index (χ4v) is 3.29. The number of hydrogen-bond donors (Lipinski definition) is 2. The van der Waals surface area contributed by atoms with Gasteiger partial charge in [-0.2, -0.15) is 0 Å². The van der Waals surface area contributed by atoms with Crippen LogP contribution in [0.4, 0.5) is 0 Å². The molecule has 1 fully saturated rings. The third-order valence-electron chi connectivity index (χ3n) is 4.71. The summed E-state index contributed by atoms with van der Waals surface area (Å²) >= 11 is 0. The third-order valence-corrected chi connectivity index (χ3v) is 4.71. The van der Waals surface area contributed by atoms with Crippen LogP contribution in [-0.4, -0.2) is 40.0 Å². The molecule has 3 rings (SSSR count). The number of piperidine rings is 1. The SMILES string of the molecule is Cl.O=C(/C=C/c1cccc(/C=C/C(=O)N2CCC[C@H](c3ccccc3)C2)n1)NO. The van der Waals surface area contributed by atoms with E-state index in [1.807, 2.05) is 23.1 Å². The van der Waals surface area contributed by atoms with E-state index in [1.54, 1.807) is 30.4 Å². The molecular weight excluding hydrogens is 390 g/mol. The number of carbonyl (C=O) groups excluding carboxylic acids is 2. The van der Waals surface area contributed by atoms with Gasteiger partial charge in [0.1, 0.15) is 0 Å². The predicted octanol–water partition coefficient (Wildman–Crippen LogP) is 3.44. The summed E-state index contributed by atoms with van der Waals surface area (Å²) in [5, 5.41) is 8.50. The number of likely N-dealkylation sites (tertiary alicyclic amines) is 1. The molecule has 0 bridgehead atoms. The number of nitrogens with zero attached hydrogens (tertiary/aromatic N) is 2. The molecule has 2 aromatic rings. The molecule has 1 saturated heterocycles. The fourth-order valence-electron chi connectivity index (χ4n) is 3.29. The lowest BCUT2D eigenvalue weighted by Gasteiger charge is -2.32. The number of nitrogens with one attached hydrogen (secondary N) is 1. The number of pyridine rings is 1. The van der Waals surface area contributed by atoms with Gasteiger partial charge >= 0.3 is 0 Å². The zero-order valence-electron chi connectivity index (χ0n) is 15.9. The Labute approximate surface area is 176 Å². The van der Waals surface area contributed by atoms with Gasteiger partial charge in [0.05, 0.1) is 11.4 Å². The van der Waals surface area contributed by atoms with Crippen molar-refractivity contribution in [2.24, 2.45) is 0 Å². The van der Waals surface area contributed by atoms with Gasteiger partial charge in [-0.1, -0.05) is 36.4 Å². The average Bonchev–Trinajstić information content (AvgIpc) is 2.76. The Morgan fingerprint density at radius 2 is 1.72 bits per heavy atom. The summed E-state index contributed by atoms with van der Waals surface area (Å²) in [5.41, 5.74) is 3.98. The number of benzene rings is 1. The van der Waals surface area contributed by atoms with Crippen molar-refractivity contribution in [3.8, 4) is 0 Å². The standard InChI is InChI=1S/C22H23N3O3.ClH/c26-21(24-28)13-11-19-9-4-10-20(23-19)12-14-22(27)25-15-5-8-18(16-25)17-6-2-1-3-7-17;/h1-4,6-7,9-14,18,28H,5,8,15-16H2,(H,24,26);1H/b13-11+,14-12+;/t18-;/m0./s1. The first-order valence-electron chi connectivity index (χ1n) is 9.27. The smallest absolute Gasteiger partial charge is 0.267 e. The minimum atomic E-state index is -0.629. The molecule has 1 aliphatic heterocycles. The summed E-state index contributed by atoms with van der Waals surface area (Å²) in [6.45, 7) is 1.48. The molecule has 0 saturated carbocycles. The van der Waals surface area contributed by atoms with Gasteiger partial charge in [0, 0.05) is 31.2 Å². The van der Waals surface area contributed by atoms with Gasteiger partial charge in [-0.05, 0) is 42.7 Å². The summed E-state index contributed by atoms with van der Waals surface area (Å²) in [6.07, 6.45) is 7.97. The van der Waals surface area contributed by atoms with Crippen LogP contribution >= 0.6 is 12.4 Å². The maximum absolute atomic E-state index is 12.6. The second-order valence-electron chi connectivity index (χ2n) is 6.66. The van der Waals surface area contributed by atoms with E-state index < -0.39 is 5.91 Å². The Kier molecular flexibility index (Phi) is 8.58. The summed E-state index contributed by atoms with van der Waals surface area (Å²) < 4.78 is 0. The number of halogens is 1. The van der Waals surface area contributed by atoms with Crippen molar-refractivity contribution in [1.29, 1.82) is 0 Å². The van der Waals surface area contributed by atoms with Crippen molar-refractivity contribution in [3.05, 3.63) is 77.6 Å². The van der Waals surface area contributed by atoms with Crippen LogP contribution in [0.1, 0.15) is 35.7 Å². The highest BCUT2D eigenvalue weighted by molar-refractivity contribution is 5.92. The molecule has 6 nitrogen and oxygen atoms in total. The molecule has 2 heterocycles. The lowest BCUT2D eigenvalue weighted by Crippen LogP contribution is -2.38. The van der Waals surface area contributed by atoms with Crippen molar-refractivity contribution < 1.29 is 14.8 Å². The van der Waals surface area contributed by atoms with E-state index in [0.29, 0.717) is 17.3 Å². The van der Waals surface area contributed by atoms with Crippen molar-refractivity contribution in [1.82, 2.24) is 15.4 Å². The Bertz CT molecular complexity index is 884. The minimum Gasteiger partial charge on any atom is -0.339 e. The number of carbonyl (C=O) groups is 2. The first kappa shape index (κ1) is 22.3. The van der Waals surface area contributed by atoms with Crippen molar-refractivity contribution in [2.75, 3.05) is 13.1 Å². The molecule has 1 aromatic heterocycles. The van der Waals surface area contributed by atoms with Gasteiger partial charge in [0.25, 0.3) is 5.91 Å². The molecule has 0 unspecified atom stereocenters. The normalized spacial score (nSPS) is 16.6. The average molecular weight is 414 g/mol. The molecule has 2 N–H and O–H groups in total. The molecular formula is C22H24ClN3O3. The Morgan fingerprint density at radius 3 is 2.41 bits per heavy atom. The Hall–Kier alpha value is -2.96. The van der Waals surface area contributed by atoms with E-state index in [1.165, 1.54) is 23.2 Å². The van der Waals surface area contributed by atoms with Crippen LogP contribution in [0.3, 0.4) is 0 Å². The van der Waals surface area contributed by atoms with Gasteiger partial charge in [-0.15, -0.1) is 12.4 Å². The second-order valence-corrected chi connectivity index (χ2v) is 6.66. The number of hydroxylamine groups is 1. The van der Waals surface area contributed by atoms with Crippen molar-refractivity contribution in [2.45, 2.75) is 18.8 Å². The van der Waals surface area contributed by atoms with E-state index >= 15 is 0 Å². The molecule has 152 valence electrons. The van der Waals surface area contributed by atoms with Gasteiger partial charge in [-0.3, -0.25) is 14.8 Å². The van der Waals surface area contributed by atoms with Gasteiger partial charge < -0.3 is 4.90 Å². The van der Waals surface area contributed by atoms with E-state index in [4.69, 9.17) is 5.21 Å². The molecule has 1 aromatic carbocycles. The zero-order valence-corrected chi connectivity index (χ0v) is 16.7. The van der Waals surface area contributed by atoms with E-state index in [-0.39, 0.29) is 18.3 Å². The largest absolute Gasteiger partial charge is 0.339 e. The summed E-state index contributed by atoms with van der Waals surface area (Å²) in [4.78, 5) is 29.9. The van der Waals surface area contributed by atoms with Crippen molar-refractivity contribution in [3.63, 3.8) is 0 Å². The molecule has 1 aliphatic rings. The first-order chi connectivity index (χ1) is 13.7. The fraction of sp³-hybridized carbons (Fsp3) is 0.227. The molecule has 0 aliphatic carbocycles. The Balaban J connectivity index is 0.00000300. The maximum atomic E-state index is 12.6. The molecule has 29 heavy (non-hydrogen) atoms. The number of hydrogen-bond acceptors (Lipinski definition) is 4. The molecule has 0 spiro atoms. The summed E-state index contributed by atoms with van der Waals surface area (Å²) in [7, 11) is 0. The van der Waals surface area contributed by atoms with Crippen LogP contribution in [0.15, 0.2) is 60.7 Å². The topological polar surface area (TPSA) is 82.5 Å². The van der Waals surface area contributed by atoms with Crippen LogP contribution in [0.25, 0.3) is 12.2 Å². The molecule has 7 heteroatoms. The minimum absolute atomic E-state index is 0. The highest BCUT2D eigenvalue weighted by Gasteiger charge is 2.23. The zero-order chi connectivity index (χ0) is 19.8. The number of aromatic nitrogens is 1. The van der Waals surface area contributed by atoms with Crippen molar-refractivity contribution >= 4 is 36.4 Å². The molecule has 1 atom stereocenters. The van der Waals surface area contributed by atoms with Gasteiger partial charge in [0.15, 0.2) is 0 Å². The molecule has 0 radical (unpaired) electrons. The summed E-state index contributed by atoms with van der Waals surface area (Å²) in [6, 6.07) is 15.6. The van der Waals surface area contributed by atoms with Gasteiger partial charge in [0.2, 0.25) is 5.91 Å². The number of amides is 2. The third kappa shape index (κ3) is 6.55. The van der Waals surface area contributed by atoms with Crippen LogP contribution in [-0.2, 0) is 9.59 Å². The van der Waals surface area contributed by atoms with E-state index in [0.717, 1.165) is 25.9 Å². The van der Waals surface area contributed by atoms with Crippen LogP contribution < -0.4 is 5.48 Å². The highest BCUT2D eigenvalue weighted by Crippen LogP contribution is 2.26. The van der Waals surface area contributed by atoms with Crippen LogP contribution in [0.5, 0.6) is 0 Å². The number of rotatable bonds is 5.